The predicted octanol–water partition coefficient (Wildman–Crippen LogP) is 3.98. The van der Waals surface area contributed by atoms with Crippen LogP contribution in [-0.4, -0.2) is 94.2 Å². The molecule has 2 saturated heterocycles. The smallest absolute Gasteiger partial charge is 0.254 e. The van der Waals surface area contributed by atoms with Gasteiger partial charge in [0.25, 0.3) is 5.91 Å². The lowest BCUT2D eigenvalue weighted by atomic mass is 9.94. The first kappa shape index (κ1) is 29.3. The van der Waals surface area contributed by atoms with Gasteiger partial charge >= 0.3 is 0 Å². The molecule has 4 aromatic rings. The van der Waals surface area contributed by atoms with Crippen molar-refractivity contribution in [1.82, 2.24) is 29.5 Å². The molecular weight excluding hydrogens is 573 g/mol. The molecule has 43 heavy (non-hydrogen) atoms. The number of amides is 1. The van der Waals surface area contributed by atoms with Gasteiger partial charge in [-0.25, -0.2) is 14.4 Å². The molecule has 6 rings (SSSR count). The average molecular weight is 608 g/mol. The van der Waals surface area contributed by atoms with E-state index < -0.39 is 5.82 Å². The Hall–Kier alpha value is -3.77. The molecule has 226 valence electrons. The van der Waals surface area contributed by atoms with Crippen LogP contribution in [0.3, 0.4) is 0 Å². The predicted molar refractivity (Wildman–Crippen MR) is 164 cm³/mol. The number of carbonyl (C=O) groups is 1. The first-order chi connectivity index (χ1) is 20.8. The number of rotatable bonds is 7. The standard InChI is InChI=1S/C31H35ClFN7O3/c1-19-15-21(3-4-22(19)31(42)39-13-11-38(12-14-39)18-20-7-8-34-17-25(20)41)37-29-30-36-16-24(40(30)10-9-35-29)23-5-6-26(43-2)28(33)27(23)32/h3-6,9-10,15-16,20,25,34,41H,7-8,11-14,17-18H2,1-2H3,(H,35,37)/t20-,25-/m0/s1. The van der Waals surface area contributed by atoms with Crippen LogP contribution in [0.25, 0.3) is 16.9 Å². The number of fused-ring (bicyclic) bond motifs is 1. The molecule has 0 bridgehead atoms. The maximum Gasteiger partial charge on any atom is 0.254 e. The van der Waals surface area contributed by atoms with E-state index in [4.69, 9.17) is 16.3 Å². The summed E-state index contributed by atoms with van der Waals surface area (Å²) in [6.45, 7) is 7.32. The number of nitrogens with one attached hydrogen (secondary N) is 2. The fourth-order valence-electron chi connectivity index (χ4n) is 5.96. The van der Waals surface area contributed by atoms with Gasteiger partial charge in [0, 0.05) is 68.5 Å². The Balaban J connectivity index is 1.14. The van der Waals surface area contributed by atoms with Crippen LogP contribution < -0.4 is 15.4 Å². The van der Waals surface area contributed by atoms with Crippen molar-refractivity contribution in [3.05, 3.63) is 70.9 Å². The summed E-state index contributed by atoms with van der Waals surface area (Å²) in [4.78, 5) is 26.7. The van der Waals surface area contributed by atoms with Crippen molar-refractivity contribution in [1.29, 1.82) is 0 Å². The van der Waals surface area contributed by atoms with Crippen LogP contribution in [0, 0.1) is 18.7 Å². The number of hydrogen-bond donors (Lipinski definition) is 3. The molecular formula is C31H35ClFN7O3. The second-order valence-electron chi connectivity index (χ2n) is 11.1. The first-order valence-electron chi connectivity index (χ1n) is 14.5. The van der Waals surface area contributed by atoms with Gasteiger partial charge in [0.1, 0.15) is 0 Å². The molecule has 3 N–H and O–H groups in total. The second kappa shape index (κ2) is 12.5. The SMILES string of the molecule is COc1ccc(-c2cnc3c(Nc4ccc(C(=O)N5CCN(C[C@@H]6CCNC[C@@H]6O)CC5)c(C)c4)nccn23)c(Cl)c1F. The van der Waals surface area contributed by atoms with Crippen molar-refractivity contribution >= 4 is 34.7 Å². The highest BCUT2D eigenvalue weighted by atomic mass is 35.5. The number of imidazole rings is 1. The Labute approximate surface area is 254 Å². The topological polar surface area (TPSA) is 107 Å². The van der Waals surface area contributed by atoms with Crippen molar-refractivity contribution in [2.24, 2.45) is 5.92 Å². The Kier molecular flexibility index (Phi) is 8.49. The molecule has 2 atom stereocenters. The van der Waals surface area contributed by atoms with Crippen LogP contribution in [0.5, 0.6) is 5.75 Å². The van der Waals surface area contributed by atoms with E-state index in [2.05, 4.69) is 25.5 Å². The number of ether oxygens (including phenoxy) is 1. The molecule has 0 spiro atoms. The van der Waals surface area contributed by atoms with E-state index in [1.165, 1.54) is 13.2 Å². The molecule has 12 heteroatoms. The third-order valence-corrected chi connectivity index (χ3v) is 8.80. The summed E-state index contributed by atoms with van der Waals surface area (Å²) in [7, 11) is 1.39. The normalized spacial score (nSPS) is 19.5. The number of aliphatic hydroxyl groups excluding tert-OH is 1. The Morgan fingerprint density at radius 2 is 2.02 bits per heavy atom. The van der Waals surface area contributed by atoms with Gasteiger partial charge in [0.2, 0.25) is 0 Å². The molecule has 2 fully saturated rings. The van der Waals surface area contributed by atoms with Gasteiger partial charge in [-0.15, -0.1) is 0 Å². The molecule has 2 aliphatic rings. The minimum Gasteiger partial charge on any atom is -0.494 e. The quantitative estimate of drug-likeness (QED) is 0.290. The van der Waals surface area contributed by atoms with Crippen LogP contribution in [-0.2, 0) is 0 Å². The van der Waals surface area contributed by atoms with Crippen molar-refractivity contribution < 1.29 is 19.0 Å². The highest BCUT2D eigenvalue weighted by Crippen LogP contribution is 2.36. The summed E-state index contributed by atoms with van der Waals surface area (Å²) < 4.78 is 21.5. The number of aryl methyl sites for hydroxylation is 1. The molecule has 10 nitrogen and oxygen atoms in total. The van der Waals surface area contributed by atoms with E-state index in [-0.39, 0.29) is 28.7 Å². The molecule has 0 unspecified atom stereocenters. The number of hydrogen-bond acceptors (Lipinski definition) is 8. The lowest BCUT2D eigenvalue weighted by Crippen LogP contribution is -2.52. The van der Waals surface area contributed by atoms with Crippen molar-refractivity contribution in [3.63, 3.8) is 0 Å². The zero-order chi connectivity index (χ0) is 30.1. The Morgan fingerprint density at radius 3 is 2.77 bits per heavy atom. The highest BCUT2D eigenvalue weighted by molar-refractivity contribution is 6.33. The molecule has 0 aliphatic carbocycles. The van der Waals surface area contributed by atoms with Gasteiger partial charge in [-0.2, -0.15) is 0 Å². The number of benzene rings is 2. The third kappa shape index (κ3) is 5.90. The number of carbonyl (C=O) groups excluding carboxylic acids is 1. The number of halogens is 2. The van der Waals surface area contributed by atoms with E-state index in [1.807, 2.05) is 30.0 Å². The van der Waals surface area contributed by atoms with Crippen LogP contribution in [0.4, 0.5) is 15.9 Å². The fraction of sp³-hybridized carbons (Fsp3) is 0.387. The maximum absolute atomic E-state index is 14.6. The summed E-state index contributed by atoms with van der Waals surface area (Å²) in [5.74, 6) is 0.246. The summed E-state index contributed by atoms with van der Waals surface area (Å²) in [5, 5.41) is 16.8. The van der Waals surface area contributed by atoms with Crippen LogP contribution in [0.15, 0.2) is 48.9 Å². The Bertz CT molecular complexity index is 1640. The molecule has 4 heterocycles. The average Bonchev–Trinajstić information content (AvgIpc) is 3.45. The van der Waals surface area contributed by atoms with Crippen molar-refractivity contribution in [3.8, 4) is 17.0 Å². The first-order valence-corrected chi connectivity index (χ1v) is 14.8. The number of anilines is 2. The van der Waals surface area contributed by atoms with Crippen LogP contribution >= 0.6 is 11.6 Å². The van der Waals surface area contributed by atoms with Gasteiger partial charge in [-0.1, -0.05) is 11.6 Å². The van der Waals surface area contributed by atoms with Crippen molar-refractivity contribution in [2.75, 3.05) is 58.2 Å². The zero-order valence-electron chi connectivity index (χ0n) is 24.2. The number of methoxy groups -OCH3 is 1. The number of piperidine rings is 1. The van der Waals surface area contributed by atoms with E-state index in [9.17, 15) is 14.3 Å². The molecule has 2 aromatic heterocycles. The van der Waals surface area contributed by atoms with Crippen LogP contribution in [0.2, 0.25) is 5.02 Å². The third-order valence-electron chi connectivity index (χ3n) is 8.43. The van der Waals surface area contributed by atoms with Gasteiger partial charge < -0.3 is 25.4 Å². The van der Waals surface area contributed by atoms with Gasteiger partial charge in [-0.05, 0) is 61.7 Å². The largest absolute Gasteiger partial charge is 0.494 e. The number of aromatic nitrogens is 3. The van der Waals surface area contributed by atoms with E-state index in [0.29, 0.717) is 47.9 Å². The van der Waals surface area contributed by atoms with Gasteiger partial charge in [0.15, 0.2) is 23.0 Å². The van der Waals surface area contributed by atoms with E-state index in [0.717, 1.165) is 43.9 Å². The summed E-state index contributed by atoms with van der Waals surface area (Å²) >= 11 is 6.33. The summed E-state index contributed by atoms with van der Waals surface area (Å²) in [6, 6.07) is 8.85. The van der Waals surface area contributed by atoms with E-state index in [1.54, 1.807) is 29.1 Å². The summed E-state index contributed by atoms with van der Waals surface area (Å²) in [5.41, 5.74) is 3.91. The summed E-state index contributed by atoms with van der Waals surface area (Å²) in [6.07, 6.45) is 5.66. The molecule has 2 aromatic carbocycles. The zero-order valence-corrected chi connectivity index (χ0v) is 24.9. The molecule has 2 aliphatic heterocycles. The number of aliphatic hydroxyl groups is 1. The number of nitrogens with zero attached hydrogens (tertiary/aromatic N) is 5. The number of piperazine rings is 1. The molecule has 0 saturated carbocycles. The minimum atomic E-state index is -0.631. The second-order valence-corrected chi connectivity index (χ2v) is 11.5. The van der Waals surface area contributed by atoms with Crippen LogP contribution in [0.1, 0.15) is 22.3 Å². The molecule has 1 amide bonds. The lowest BCUT2D eigenvalue weighted by molar-refractivity contribution is 0.0370. The highest BCUT2D eigenvalue weighted by Gasteiger charge is 2.28. The number of β-amino-alcohol motifs (C(OH)–C–C–N with tert-alkyl or cyclic N) is 1. The lowest BCUT2D eigenvalue weighted by Gasteiger charge is -2.38. The monoisotopic (exact) mass is 607 g/mol. The van der Waals surface area contributed by atoms with Crippen molar-refractivity contribution in [2.45, 2.75) is 19.4 Å². The molecule has 0 radical (unpaired) electrons. The van der Waals surface area contributed by atoms with Gasteiger partial charge in [-0.3, -0.25) is 14.1 Å². The van der Waals surface area contributed by atoms with Gasteiger partial charge in [0.05, 0.1) is 30.1 Å². The Morgan fingerprint density at radius 1 is 1.21 bits per heavy atom. The minimum absolute atomic E-state index is 0.0207. The maximum atomic E-state index is 14.6. The van der Waals surface area contributed by atoms with E-state index >= 15 is 0 Å². The fourth-order valence-corrected chi connectivity index (χ4v) is 6.21.